The van der Waals surface area contributed by atoms with Gasteiger partial charge in [0.1, 0.15) is 11.2 Å². The van der Waals surface area contributed by atoms with Crippen molar-refractivity contribution in [3.8, 4) is 0 Å². The van der Waals surface area contributed by atoms with Crippen LogP contribution in [0.4, 0.5) is 10.1 Å². The van der Waals surface area contributed by atoms with Gasteiger partial charge in [-0.3, -0.25) is 9.59 Å². The lowest BCUT2D eigenvalue weighted by molar-refractivity contribution is -0.138. The predicted octanol–water partition coefficient (Wildman–Crippen LogP) is 3.80. The van der Waals surface area contributed by atoms with Crippen LogP contribution in [0.3, 0.4) is 0 Å². The molecule has 0 aliphatic heterocycles. The minimum atomic E-state index is -1.34. The van der Waals surface area contributed by atoms with Crippen molar-refractivity contribution in [1.82, 2.24) is 5.32 Å². The zero-order valence-electron chi connectivity index (χ0n) is 14.1. The molecule has 0 spiro atoms. The summed E-state index contributed by atoms with van der Waals surface area (Å²) in [6, 6.07) is 13.2. The van der Waals surface area contributed by atoms with Crippen LogP contribution in [0.25, 0.3) is 0 Å². The molecule has 2 aromatic carbocycles. The van der Waals surface area contributed by atoms with Crippen LogP contribution in [0.2, 0.25) is 5.02 Å². The largest absolute Gasteiger partial charge is 0.355 e. The third kappa shape index (κ3) is 5.03. The Bertz CT molecular complexity index is 778. The average Bonchev–Trinajstić information content (AvgIpc) is 2.56. The van der Waals surface area contributed by atoms with Gasteiger partial charge in [0.25, 0.3) is 0 Å². The van der Waals surface area contributed by atoms with Crippen molar-refractivity contribution < 1.29 is 14.0 Å². The topological polar surface area (TPSA) is 58.2 Å². The molecule has 0 saturated heterocycles. The van der Waals surface area contributed by atoms with Crippen molar-refractivity contribution in [2.24, 2.45) is 5.41 Å². The molecule has 2 amide bonds. The number of hydrogen-bond donors (Lipinski definition) is 2. The van der Waals surface area contributed by atoms with Gasteiger partial charge in [-0.05, 0) is 50.1 Å². The quantitative estimate of drug-likeness (QED) is 0.768. The van der Waals surface area contributed by atoms with Crippen molar-refractivity contribution in [1.29, 1.82) is 0 Å². The maximum Gasteiger partial charge on any atom is 0.239 e. The van der Waals surface area contributed by atoms with Crippen LogP contribution < -0.4 is 10.6 Å². The summed E-state index contributed by atoms with van der Waals surface area (Å²) in [5.74, 6) is -1.55. The highest BCUT2D eigenvalue weighted by Gasteiger charge is 2.36. The molecule has 0 fully saturated rings. The van der Waals surface area contributed by atoms with Gasteiger partial charge in [-0.25, -0.2) is 4.39 Å². The van der Waals surface area contributed by atoms with Gasteiger partial charge in [-0.2, -0.15) is 0 Å². The SMILES string of the molecule is CC(C)(C(=O)NCCc1cccc(Cl)c1)C(=O)Nc1ccccc1F. The van der Waals surface area contributed by atoms with E-state index in [1.54, 1.807) is 12.1 Å². The summed E-state index contributed by atoms with van der Waals surface area (Å²) < 4.78 is 13.6. The molecule has 0 aliphatic carbocycles. The molecule has 2 N–H and O–H groups in total. The van der Waals surface area contributed by atoms with Gasteiger partial charge in [-0.15, -0.1) is 0 Å². The maximum absolute atomic E-state index is 13.6. The van der Waals surface area contributed by atoms with Crippen LogP contribution in [0, 0.1) is 11.2 Å². The lowest BCUT2D eigenvalue weighted by atomic mass is 9.90. The smallest absolute Gasteiger partial charge is 0.239 e. The van der Waals surface area contributed by atoms with E-state index in [-0.39, 0.29) is 5.69 Å². The molecule has 4 nitrogen and oxygen atoms in total. The summed E-state index contributed by atoms with van der Waals surface area (Å²) >= 11 is 5.92. The Kier molecular flexibility index (Phi) is 6.15. The number of para-hydroxylation sites is 1. The van der Waals surface area contributed by atoms with Gasteiger partial charge in [-0.1, -0.05) is 35.9 Å². The Balaban J connectivity index is 1.92. The fourth-order valence-corrected chi connectivity index (χ4v) is 2.39. The maximum atomic E-state index is 13.6. The molecule has 0 heterocycles. The summed E-state index contributed by atoms with van der Waals surface area (Å²) in [5.41, 5.74) is -0.301. The number of benzene rings is 2. The highest BCUT2D eigenvalue weighted by molar-refractivity contribution is 6.30. The van der Waals surface area contributed by atoms with E-state index in [9.17, 15) is 14.0 Å². The molecule has 25 heavy (non-hydrogen) atoms. The lowest BCUT2D eigenvalue weighted by Gasteiger charge is -2.23. The molecule has 132 valence electrons. The summed E-state index contributed by atoms with van der Waals surface area (Å²) in [4.78, 5) is 24.7. The van der Waals surface area contributed by atoms with E-state index in [4.69, 9.17) is 11.6 Å². The van der Waals surface area contributed by atoms with Crippen LogP contribution in [-0.4, -0.2) is 18.4 Å². The Morgan fingerprint density at radius 1 is 1.08 bits per heavy atom. The number of amides is 2. The van der Waals surface area contributed by atoms with Crippen LogP contribution in [-0.2, 0) is 16.0 Å². The van der Waals surface area contributed by atoms with E-state index < -0.39 is 23.0 Å². The van der Waals surface area contributed by atoms with Gasteiger partial charge in [0, 0.05) is 11.6 Å². The fourth-order valence-electron chi connectivity index (χ4n) is 2.18. The van der Waals surface area contributed by atoms with Gasteiger partial charge in [0.15, 0.2) is 0 Å². The predicted molar refractivity (Wildman–Crippen MR) is 97.0 cm³/mol. The van der Waals surface area contributed by atoms with Crippen LogP contribution in [0.5, 0.6) is 0 Å². The van der Waals surface area contributed by atoms with Crippen LogP contribution >= 0.6 is 11.6 Å². The lowest BCUT2D eigenvalue weighted by Crippen LogP contribution is -2.45. The molecule has 2 rings (SSSR count). The molecule has 6 heteroatoms. The second kappa shape index (κ2) is 8.12. The first-order valence-corrected chi connectivity index (χ1v) is 8.27. The summed E-state index contributed by atoms with van der Waals surface area (Å²) in [5, 5.41) is 5.82. The minimum Gasteiger partial charge on any atom is -0.355 e. The van der Waals surface area contributed by atoms with Crippen molar-refractivity contribution >= 4 is 29.1 Å². The second-order valence-electron chi connectivity index (χ2n) is 6.19. The molecule has 2 aromatic rings. The first kappa shape index (κ1) is 18.9. The normalized spacial score (nSPS) is 11.0. The fraction of sp³-hybridized carbons (Fsp3) is 0.263. The highest BCUT2D eigenvalue weighted by atomic mass is 35.5. The standard InChI is InChI=1S/C19H20ClFN2O2/c1-19(2,18(25)23-16-9-4-3-8-15(16)21)17(24)22-11-10-13-6-5-7-14(20)12-13/h3-9,12H,10-11H2,1-2H3,(H,22,24)(H,23,25). The number of halogens is 2. The Labute approximate surface area is 151 Å². The van der Waals surface area contributed by atoms with E-state index >= 15 is 0 Å². The first-order valence-electron chi connectivity index (χ1n) is 7.89. The minimum absolute atomic E-state index is 0.0484. The molecular formula is C19H20ClFN2O2. The van der Waals surface area contributed by atoms with Crippen LogP contribution in [0.1, 0.15) is 19.4 Å². The number of hydrogen-bond acceptors (Lipinski definition) is 2. The number of rotatable bonds is 6. The first-order chi connectivity index (χ1) is 11.8. The molecular weight excluding hydrogens is 343 g/mol. The Morgan fingerprint density at radius 3 is 2.48 bits per heavy atom. The highest BCUT2D eigenvalue weighted by Crippen LogP contribution is 2.21. The third-order valence-corrected chi connectivity index (χ3v) is 4.08. The molecule has 0 aromatic heterocycles. The Morgan fingerprint density at radius 2 is 1.80 bits per heavy atom. The third-order valence-electron chi connectivity index (χ3n) is 3.85. The number of carbonyl (C=O) groups excluding carboxylic acids is 2. The van der Waals surface area contributed by atoms with Crippen molar-refractivity contribution in [2.75, 3.05) is 11.9 Å². The van der Waals surface area contributed by atoms with Crippen molar-refractivity contribution in [3.63, 3.8) is 0 Å². The van der Waals surface area contributed by atoms with E-state index in [0.717, 1.165) is 5.56 Å². The molecule has 0 saturated carbocycles. The van der Waals surface area contributed by atoms with Gasteiger partial charge < -0.3 is 10.6 Å². The van der Waals surface area contributed by atoms with Gasteiger partial charge >= 0.3 is 0 Å². The molecule has 0 aliphatic rings. The van der Waals surface area contributed by atoms with Crippen LogP contribution in [0.15, 0.2) is 48.5 Å². The molecule has 0 atom stereocenters. The summed E-state index contributed by atoms with van der Waals surface area (Å²) in [7, 11) is 0. The number of nitrogens with one attached hydrogen (secondary N) is 2. The Hall–Kier alpha value is -2.40. The zero-order chi connectivity index (χ0) is 18.4. The molecule has 0 bridgehead atoms. The van der Waals surface area contributed by atoms with Gasteiger partial charge in [0.05, 0.1) is 5.69 Å². The summed E-state index contributed by atoms with van der Waals surface area (Å²) in [6.07, 6.45) is 0.595. The second-order valence-corrected chi connectivity index (χ2v) is 6.63. The zero-order valence-corrected chi connectivity index (χ0v) is 14.9. The monoisotopic (exact) mass is 362 g/mol. The number of anilines is 1. The molecule has 0 radical (unpaired) electrons. The van der Waals surface area contributed by atoms with Gasteiger partial charge in [0.2, 0.25) is 11.8 Å². The van der Waals surface area contributed by atoms with E-state index in [1.165, 1.54) is 32.0 Å². The van der Waals surface area contributed by atoms with E-state index in [1.807, 2.05) is 18.2 Å². The number of carbonyl (C=O) groups is 2. The van der Waals surface area contributed by atoms with E-state index in [0.29, 0.717) is 18.0 Å². The summed E-state index contributed by atoms with van der Waals surface area (Å²) in [6.45, 7) is 3.37. The van der Waals surface area contributed by atoms with E-state index in [2.05, 4.69) is 10.6 Å². The van der Waals surface area contributed by atoms with Crippen molar-refractivity contribution in [2.45, 2.75) is 20.3 Å². The van der Waals surface area contributed by atoms with Crippen molar-refractivity contribution in [3.05, 3.63) is 64.9 Å². The molecule has 0 unspecified atom stereocenters. The average molecular weight is 363 g/mol.